The lowest BCUT2D eigenvalue weighted by Crippen LogP contribution is -2.23. The monoisotopic (exact) mass is 586 g/mol. The van der Waals surface area contributed by atoms with Crippen molar-refractivity contribution < 1.29 is 14.1 Å². The van der Waals surface area contributed by atoms with Crippen molar-refractivity contribution in [1.82, 2.24) is 9.66 Å². The minimum atomic E-state index is -0.629. The summed E-state index contributed by atoms with van der Waals surface area (Å²) in [7, 11) is 0. The Kier molecular flexibility index (Phi) is 7.99. The summed E-state index contributed by atoms with van der Waals surface area (Å²) in [4.78, 5) is 29.2. The average molecular weight is 588 g/mol. The number of benzene rings is 3. The molecule has 0 bridgehead atoms. The lowest BCUT2D eigenvalue weighted by atomic mass is 10.1. The maximum absolute atomic E-state index is 13.6. The predicted molar refractivity (Wildman–Crippen MR) is 144 cm³/mol. The van der Waals surface area contributed by atoms with Crippen LogP contribution in [0.5, 0.6) is 5.75 Å². The molecule has 1 atom stereocenters. The molecule has 11 heteroatoms. The molecule has 3 aromatic carbocycles. The van der Waals surface area contributed by atoms with Gasteiger partial charge in [0.05, 0.1) is 22.0 Å². The van der Waals surface area contributed by atoms with Gasteiger partial charge in [-0.1, -0.05) is 53.5 Å². The molecule has 0 unspecified atom stereocenters. The Labute approximate surface area is 224 Å². The van der Waals surface area contributed by atoms with E-state index in [9.17, 15) is 19.3 Å². The number of nitro groups is 1. The smallest absolute Gasteiger partial charge is 0.313 e. The largest absolute Gasteiger partial charge is 0.481 e. The molecule has 0 saturated heterocycles. The lowest BCUT2D eigenvalue weighted by Gasteiger charge is -2.14. The predicted octanol–water partition coefficient (Wildman–Crippen LogP) is 6.83. The van der Waals surface area contributed by atoms with Crippen molar-refractivity contribution in [3.8, 4) is 5.75 Å². The van der Waals surface area contributed by atoms with Crippen LogP contribution in [-0.2, 0) is 6.61 Å². The Morgan fingerprint density at radius 3 is 2.76 bits per heavy atom. The number of fused-ring (bicyclic) bond motifs is 1. The Hall–Kier alpha value is -3.63. The SMILES string of the molecule is CC[C@@H](C)c1nc2ccc(Br)cc2c(=O)n1N=Cc1cc(Cl)cc([N+](=O)[O-])c1OCc1cccc(F)c1. The van der Waals surface area contributed by atoms with E-state index in [1.54, 1.807) is 24.3 Å². The van der Waals surface area contributed by atoms with Gasteiger partial charge in [0.25, 0.3) is 5.56 Å². The highest BCUT2D eigenvalue weighted by Crippen LogP contribution is 2.34. The Morgan fingerprint density at radius 1 is 1.27 bits per heavy atom. The van der Waals surface area contributed by atoms with Crippen LogP contribution >= 0.6 is 27.5 Å². The second-order valence-corrected chi connectivity index (χ2v) is 9.67. The van der Waals surface area contributed by atoms with Crippen LogP contribution in [0.3, 0.4) is 0 Å². The number of nitrogens with zero attached hydrogens (tertiary/aromatic N) is 4. The molecule has 4 rings (SSSR count). The van der Waals surface area contributed by atoms with E-state index < -0.39 is 16.3 Å². The van der Waals surface area contributed by atoms with Gasteiger partial charge in [-0.15, -0.1) is 0 Å². The van der Waals surface area contributed by atoms with E-state index in [0.29, 0.717) is 33.2 Å². The van der Waals surface area contributed by atoms with Gasteiger partial charge < -0.3 is 4.74 Å². The molecule has 0 spiro atoms. The van der Waals surface area contributed by atoms with Crippen molar-refractivity contribution in [3.05, 3.63) is 107 Å². The summed E-state index contributed by atoms with van der Waals surface area (Å²) >= 11 is 9.53. The zero-order valence-electron chi connectivity index (χ0n) is 19.8. The molecule has 8 nitrogen and oxygen atoms in total. The molecule has 0 aliphatic rings. The van der Waals surface area contributed by atoms with Crippen molar-refractivity contribution in [3.63, 3.8) is 0 Å². The van der Waals surface area contributed by atoms with E-state index >= 15 is 0 Å². The Balaban J connectivity index is 1.84. The standard InChI is InChI=1S/C26H21BrClFN4O4/c1-3-15(2)25-31-22-8-7-18(27)11-21(22)26(34)32(25)30-13-17-10-19(28)12-23(33(35)36)24(17)37-14-16-5-4-6-20(29)9-16/h4-13,15H,3,14H2,1-2H3/t15-/m1/s1. The number of hydrogen-bond donors (Lipinski definition) is 0. The first kappa shape index (κ1) is 26.4. The summed E-state index contributed by atoms with van der Waals surface area (Å²) in [5.74, 6) is -0.231. The zero-order valence-corrected chi connectivity index (χ0v) is 22.2. The third-order valence-corrected chi connectivity index (χ3v) is 6.44. The van der Waals surface area contributed by atoms with Crippen LogP contribution in [0.4, 0.5) is 10.1 Å². The lowest BCUT2D eigenvalue weighted by molar-refractivity contribution is -0.385. The molecule has 190 valence electrons. The van der Waals surface area contributed by atoms with E-state index in [2.05, 4.69) is 26.0 Å². The molecule has 0 saturated carbocycles. The average Bonchev–Trinajstić information content (AvgIpc) is 2.86. The summed E-state index contributed by atoms with van der Waals surface area (Å²) in [6.45, 7) is 3.76. The first-order valence-corrected chi connectivity index (χ1v) is 12.5. The number of hydrogen-bond acceptors (Lipinski definition) is 6. The van der Waals surface area contributed by atoms with Gasteiger partial charge in [-0.2, -0.15) is 9.78 Å². The third-order valence-electron chi connectivity index (χ3n) is 5.73. The normalized spacial score (nSPS) is 12.2. The van der Waals surface area contributed by atoms with Crippen molar-refractivity contribution in [2.24, 2.45) is 5.10 Å². The Bertz CT molecular complexity index is 1590. The van der Waals surface area contributed by atoms with Crippen LogP contribution in [0.1, 0.15) is 43.1 Å². The molecular formula is C26H21BrClFN4O4. The second kappa shape index (κ2) is 11.2. The van der Waals surface area contributed by atoms with Gasteiger partial charge in [-0.25, -0.2) is 9.37 Å². The fourth-order valence-electron chi connectivity index (χ4n) is 3.67. The highest BCUT2D eigenvalue weighted by molar-refractivity contribution is 9.10. The van der Waals surface area contributed by atoms with Gasteiger partial charge in [0.2, 0.25) is 5.75 Å². The molecule has 0 amide bonds. The van der Waals surface area contributed by atoms with Crippen LogP contribution in [-0.4, -0.2) is 20.8 Å². The topological polar surface area (TPSA) is 99.6 Å². The van der Waals surface area contributed by atoms with Gasteiger partial charge in [0.15, 0.2) is 0 Å². The number of nitro benzene ring substituents is 1. The van der Waals surface area contributed by atoms with Crippen LogP contribution in [0.2, 0.25) is 5.02 Å². The minimum Gasteiger partial charge on any atom is -0.481 e. The number of halogens is 3. The van der Waals surface area contributed by atoms with E-state index in [1.165, 1.54) is 35.2 Å². The van der Waals surface area contributed by atoms with Crippen LogP contribution in [0.15, 0.2) is 69.0 Å². The number of rotatable bonds is 8. The summed E-state index contributed by atoms with van der Waals surface area (Å²) in [5, 5.41) is 16.6. The highest BCUT2D eigenvalue weighted by Gasteiger charge is 2.22. The molecule has 0 aliphatic carbocycles. The van der Waals surface area contributed by atoms with E-state index in [0.717, 1.165) is 6.07 Å². The van der Waals surface area contributed by atoms with Gasteiger partial charge in [-0.3, -0.25) is 14.9 Å². The third kappa shape index (κ3) is 5.86. The molecule has 0 radical (unpaired) electrons. The maximum atomic E-state index is 13.6. The zero-order chi connectivity index (χ0) is 26.7. The molecular weight excluding hydrogens is 567 g/mol. The van der Waals surface area contributed by atoms with Crippen molar-refractivity contribution in [2.75, 3.05) is 0 Å². The first-order chi connectivity index (χ1) is 17.7. The molecule has 1 heterocycles. The summed E-state index contributed by atoms with van der Waals surface area (Å²) in [5.41, 5.74) is 0.406. The van der Waals surface area contributed by atoms with Crippen molar-refractivity contribution in [1.29, 1.82) is 0 Å². The van der Waals surface area contributed by atoms with Crippen LogP contribution in [0.25, 0.3) is 10.9 Å². The fraction of sp³-hybridized carbons (Fsp3) is 0.192. The van der Waals surface area contributed by atoms with Crippen molar-refractivity contribution in [2.45, 2.75) is 32.8 Å². The second-order valence-electron chi connectivity index (χ2n) is 8.32. The maximum Gasteiger partial charge on any atom is 0.313 e. The van der Waals surface area contributed by atoms with Gasteiger partial charge in [-0.05, 0) is 48.4 Å². The quantitative estimate of drug-likeness (QED) is 0.128. The molecule has 1 aromatic heterocycles. The van der Waals surface area contributed by atoms with Crippen LogP contribution < -0.4 is 10.3 Å². The van der Waals surface area contributed by atoms with E-state index in [-0.39, 0.29) is 34.5 Å². The molecule has 0 fully saturated rings. The molecule has 0 N–H and O–H groups in total. The Morgan fingerprint density at radius 2 is 2.05 bits per heavy atom. The number of ether oxygens (including phenoxy) is 1. The van der Waals surface area contributed by atoms with Gasteiger partial charge in [0, 0.05) is 27.0 Å². The fourth-order valence-corrected chi connectivity index (χ4v) is 4.25. The highest BCUT2D eigenvalue weighted by atomic mass is 79.9. The number of aromatic nitrogens is 2. The van der Waals surface area contributed by atoms with Gasteiger partial charge in [0.1, 0.15) is 18.2 Å². The van der Waals surface area contributed by atoms with Crippen LogP contribution in [0, 0.1) is 15.9 Å². The first-order valence-electron chi connectivity index (χ1n) is 11.3. The van der Waals surface area contributed by atoms with E-state index in [4.69, 9.17) is 16.3 Å². The minimum absolute atomic E-state index is 0.0846. The summed E-state index contributed by atoms with van der Waals surface area (Å²) in [6, 6.07) is 13.5. The molecule has 0 aliphatic heterocycles. The molecule has 37 heavy (non-hydrogen) atoms. The summed E-state index contributed by atoms with van der Waals surface area (Å²) in [6.07, 6.45) is 1.98. The van der Waals surface area contributed by atoms with Crippen molar-refractivity contribution >= 4 is 50.3 Å². The van der Waals surface area contributed by atoms with Gasteiger partial charge >= 0.3 is 5.69 Å². The van der Waals surface area contributed by atoms with E-state index in [1.807, 2.05) is 13.8 Å². The molecule has 4 aromatic rings. The summed E-state index contributed by atoms with van der Waals surface area (Å²) < 4.78 is 21.3.